The number of carbonyl (C=O) groups excluding carboxylic acids is 3. The first kappa shape index (κ1) is 16.8. The smallest absolute Gasteiger partial charge is 0.260 e. The summed E-state index contributed by atoms with van der Waals surface area (Å²) in [6.45, 7) is 0.529. The second-order valence-corrected chi connectivity index (χ2v) is 6.90. The van der Waals surface area contributed by atoms with E-state index in [0.717, 1.165) is 0 Å². The lowest BCUT2D eigenvalue weighted by Gasteiger charge is -2.43. The van der Waals surface area contributed by atoms with Crippen LogP contribution in [0.25, 0.3) is 0 Å². The molecular formula is C19H19FN2O4. The fourth-order valence-corrected chi connectivity index (χ4v) is 3.78. The predicted octanol–water partition coefficient (Wildman–Crippen LogP) is 1.37. The lowest BCUT2D eigenvalue weighted by atomic mass is 9.85. The number of imide groups is 1. The molecule has 3 amide bonds. The van der Waals surface area contributed by atoms with Crippen LogP contribution in [0.4, 0.5) is 4.39 Å². The standard InChI is InChI=1S/C19H19FN2O4/c20-12-5-7-14(8-6-12)26-11-17(23)21-9-13(10-21)22-18(24)15-3-1-2-4-16(15)19(22)25/h1-2,5-8,13,15-16H,3-4,9-11H2/t15-,16-/m1/s1. The highest BCUT2D eigenvalue weighted by Gasteiger charge is 2.52. The Morgan fingerprint density at radius 1 is 1.04 bits per heavy atom. The maximum absolute atomic E-state index is 12.8. The van der Waals surface area contributed by atoms with Crippen molar-refractivity contribution < 1.29 is 23.5 Å². The Bertz CT molecular complexity index is 744. The topological polar surface area (TPSA) is 66.9 Å². The first-order valence-electron chi connectivity index (χ1n) is 8.72. The normalized spacial score (nSPS) is 25.3. The Hall–Kier alpha value is -2.70. The summed E-state index contributed by atoms with van der Waals surface area (Å²) in [6.07, 6.45) is 5.15. The number of fused-ring (bicyclic) bond motifs is 1. The number of benzene rings is 1. The molecule has 1 aromatic rings. The van der Waals surface area contributed by atoms with E-state index in [0.29, 0.717) is 31.7 Å². The van der Waals surface area contributed by atoms with Crippen molar-refractivity contribution in [1.82, 2.24) is 9.80 Å². The van der Waals surface area contributed by atoms with Crippen molar-refractivity contribution in [2.75, 3.05) is 19.7 Å². The van der Waals surface area contributed by atoms with Crippen LogP contribution < -0.4 is 4.74 Å². The van der Waals surface area contributed by atoms with Gasteiger partial charge in [0, 0.05) is 13.1 Å². The Labute approximate surface area is 150 Å². The molecule has 1 aromatic carbocycles. The van der Waals surface area contributed by atoms with Gasteiger partial charge in [-0.3, -0.25) is 19.3 Å². The van der Waals surface area contributed by atoms with E-state index in [1.54, 1.807) is 4.90 Å². The SMILES string of the molecule is O=C(COc1ccc(F)cc1)N1CC(N2C(=O)[C@@H]3CC=CC[C@H]3C2=O)C1. The van der Waals surface area contributed by atoms with Crippen molar-refractivity contribution in [2.45, 2.75) is 18.9 Å². The fraction of sp³-hybridized carbons (Fsp3) is 0.421. The van der Waals surface area contributed by atoms with Crippen LogP contribution >= 0.6 is 0 Å². The zero-order valence-electron chi connectivity index (χ0n) is 14.1. The first-order chi connectivity index (χ1) is 12.5. The molecule has 2 aliphatic heterocycles. The van der Waals surface area contributed by atoms with Crippen LogP contribution in [-0.2, 0) is 14.4 Å². The molecule has 26 heavy (non-hydrogen) atoms. The number of likely N-dealkylation sites (tertiary alicyclic amines) is 2. The zero-order valence-corrected chi connectivity index (χ0v) is 14.1. The van der Waals surface area contributed by atoms with Gasteiger partial charge < -0.3 is 9.64 Å². The van der Waals surface area contributed by atoms with Crippen molar-refractivity contribution >= 4 is 17.7 Å². The third kappa shape index (κ3) is 2.87. The van der Waals surface area contributed by atoms with Gasteiger partial charge in [0.2, 0.25) is 11.8 Å². The van der Waals surface area contributed by atoms with Gasteiger partial charge in [-0.05, 0) is 37.1 Å². The van der Waals surface area contributed by atoms with Gasteiger partial charge in [0.15, 0.2) is 6.61 Å². The third-order valence-electron chi connectivity index (χ3n) is 5.30. The number of hydrogen-bond donors (Lipinski definition) is 0. The van der Waals surface area contributed by atoms with Crippen LogP contribution in [0.3, 0.4) is 0 Å². The van der Waals surface area contributed by atoms with Gasteiger partial charge in [0.25, 0.3) is 5.91 Å². The molecule has 2 atom stereocenters. The number of allylic oxidation sites excluding steroid dienone is 2. The van der Waals surface area contributed by atoms with E-state index < -0.39 is 0 Å². The highest BCUT2D eigenvalue weighted by Crippen LogP contribution is 2.37. The summed E-state index contributed by atoms with van der Waals surface area (Å²) in [5.41, 5.74) is 0. The molecule has 0 unspecified atom stereocenters. The molecule has 2 fully saturated rings. The lowest BCUT2D eigenvalue weighted by molar-refractivity contribution is -0.153. The Balaban J connectivity index is 1.29. The van der Waals surface area contributed by atoms with Crippen molar-refractivity contribution in [3.8, 4) is 5.75 Å². The van der Waals surface area contributed by atoms with Gasteiger partial charge in [-0.15, -0.1) is 0 Å². The number of rotatable bonds is 4. The molecule has 0 radical (unpaired) electrons. The Morgan fingerprint density at radius 2 is 1.62 bits per heavy atom. The number of amides is 3. The summed E-state index contributed by atoms with van der Waals surface area (Å²) in [4.78, 5) is 40.1. The minimum atomic E-state index is -0.370. The highest BCUT2D eigenvalue weighted by atomic mass is 19.1. The molecule has 6 nitrogen and oxygen atoms in total. The molecule has 7 heteroatoms. The third-order valence-corrected chi connectivity index (χ3v) is 5.30. The van der Waals surface area contributed by atoms with E-state index in [1.165, 1.54) is 29.2 Å². The monoisotopic (exact) mass is 358 g/mol. The van der Waals surface area contributed by atoms with Crippen molar-refractivity contribution in [2.24, 2.45) is 11.8 Å². The molecule has 136 valence electrons. The minimum absolute atomic E-state index is 0.107. The maximum atomic E-state index is 12.8. The van der Waals surface area contributed by atoms with Crippen LogP contribution in [0, 0.1) is 17.7 Å². The summed E-state index contributed by atoms with van der Waals surface area (Å²) in [7, 11) is 0. The molecule has 0 spiro atoms. The molecule has 0 bridgehead atoms. The van der Waals surface area contributed by atoms with Gasteiger partial charge in [-0.25, -0.2) is 4.39 Å². The van der Waals surface area contributed by atoms with Crippen molar-refractivity contribution in [3.63, 3.8) is 0 Å². The first-order valence-corrected chi connectivity index (χ1v) is 8.72. The molecule has 3 aliphatic rings. The van der Waals surface area contributed by atoms with Crippen LogP contribution in [0.1, 0.15) is 12.8 Å². The summed E-state index contributed by atoms with van der Waals surface area (Å²) in [5.74, 6) is -0.863. The predicted molar refractivity (Wildman–Crippen MR) is 89.5 cm³/mol. The lowest BCUT2D eigenvalue weighted by Crippen LogP contribution is -2.63. The molecular weight excluding hydrogens is 339 g/mol. The number of hydrogen-bond acceptors (Lipinski definition) is 4. The van der Waals surface area contributed by atoms with Crippen LogP contribution in [0.5, 0.6) is 5.75 Å². The second-order valence-electron chi connectivity index (χ2n) is 6.90. The van der Waals surface area contributed by atoms with E-state index in [-0.39, 0.29) is 48.0 Å². The second kappa shape index (κ2) is 6.55. The van der Waals surface area contributed by atoms with Gasteiger partial charge in [0.05, 0.1) is 17.9 Å². The molecule has 2 heterocycles. The molecule has 0 N–H and O–H groups in total. The highest BCUT2D eigenvalue weighted by molar-refractivity contribution is 6.06. The number of nitrogens with zero attached hydrogens (tertiary/aromatic N) is 2. The fourth-order valence-electron chi connectivity index (χ4n) is 3.78. The van der Waals surface area contributed by atoms with E-state index in [9.17, 15) is 18.8 Å². The summed E-state index contributed by atoms with van der Waals surface area (Å²) in [6, 6.07) is 5.20. The van der Waals surface area contributed by atoms with Crippen LogP contribution in [0.15, 0.2) is 36.4 Å². The van der Waals surface area contributed by atoms with Crippen molar-refractivity contribution in [3.05, 3.63) is 42.2 Å². The average molecular weight is 358 g/mol. The van der Waals surface area contributed by atoms with Crippen LogP contribution in [0.2, 0.25) is 0 Å². The number of halogens is 1. The van der Waals surface area contributed by atoms with E-state index in [2.05, 4.69) is 0 Å². The van der Waals surface area contributed by atoms with Gasteiger partial charge in [0.1, 0.15) is 11.6 Å². The Kier molecular flexibility index (Phi) is 4.22. The maximum Gasteiger partial charge on any atom is 0.260 e. The zero-order chi connectivity index (χ0) is 18.3. The van der Waals surface area contributed by atoms with E-state index >= 15 is 0 Å². The minimum Gasteiger partial charge on any atom is -0.484 e. The molecule has 2 saturated heterocycles. The van der Waals surface area contributed by atoms with Crippen molar-refractivity contribution in [1.29, 1.82) is 0 Å². The molecule has 0 saturated carbocycles. The number of ether oxygens (including phenoxy) is 1. The number of carbonyl (C=O) groups is 3. The van der Waals surface area contributed by atoms with E-state index in [1.807, 2.05) is 12.2 Å². The summed E-state index contributed by atoms with van der Waals surface area (Å²) in [5, 5.41) is 0. The van der Waals surface area contributed by atoms with Gasteiger partial charge in [-0.1, -0.05) is 12.2 Å². The quantitative estimate of drug-likeness (QED) is 0.602. The summed E-state index contributed by atoms with van der Waals surface area (Å²) < 4.78 is 18.2. The summed E-state index contributed by atoms with van der Waals surface area (Å²) >= 11 is 0. The average Bonchev–Trinajstić information content (AvgIpc) is 2.86. The molecule has 1 aliphatic carbocycles. The Morgan fingerprint density at radius 3 is 2.19 bits per heavy atom. The molecule has 0 aromatic heterocycles. The molecule has 4 rings (SSSR count). The van der Waals surface area contributed by atoms with Crippen LogP contribution in [-0.4, -0.2) is 53.3 Å². The van der Waals surface area contributed by atoms with Gasteiger partial charge >= 0.3 is 0 Å². The van der Waals surface area contributed by atoms with Gasteiger partial charge in [-0.2, -0.15) is 0 Å². The largest absolute Gasteiger partial charge is 0.484 e. The van der Waals surface area contributed by atoms with E-state index in [4.69, 9.17) is 4.74 Å².